The average Bonchev–Trinajstić information content (AvgIpc) is 1.85. The third kappa shape index (κ3) is 2.79. The summed E-state index contributed by atoms with van der Waals surface area (Å²) in [4.78, 5) is 4.11. The van der Waals surface area contributed by atoms with E-state index in [2.05, 4.69) is 49.1 Å². The summed E-state index contributed by atoms with van der Waals surface area (Å²) in [6, 6.07) is 3.88. The Kier molecular flexibility index (Phi) is 3.33. The molecule has 0 aromatic carbocycles. The normalized spacial score (nSPS) is 9.73. The first-order valence-electron chi connectivity index (χ1n) is 3.29. The van der Waals surface area contributed by atoms with E-state index in [1.165, 1.54) is 0 Å². The van der Waals surface area contributed by atoms with Crippen LogP contribution in [0.15, 0.2) is 21.3 Å². The smallest absolute Gasteiger partial charge is 0.109 e. The molecule has 4 heteroatoms. The van der Waals surface area contributed by atoms with E-state index < -0.39 is 0 Å². The van der Waals surface area contributed by atoms with Gasteiger partial charge in [0, 0.05) is 12.2 Å². The predicted octanol–water partition coefficient (Wildman–Crippen LogP) is 3.04. The van der Waals surface area contributed by atoms with Gasteiger partial charge in [-0.15, -0.1) is 0 Å². The van der Waals surface area contributed by atoms with E-state index in [-0.39, 0.29) is 0 Å². The number of nitrogens with one attached hydrogen (secondary N) is 1. The molecule has 0 amide bonds. The minimum Gasteiger partial charge on any atom is -0.385 e. The molecule has 0 spiro atoms. The van der Waals surface area contributed by atoms with Crippen LogP contribution in [0.5, 0.6) is 0 Å². The van der Waals surface area contributed by atoms with Gasteiger partial charge in [0.15, 0.2) is 0 Å². The molecule has 0 saturated heterocycles. The van der Waals surface area contributed by atoms with Gasteiger partial charge in [0.2, 0.25) is 0 Å². The van der Waals surface area contributed by atoms with Crippen LogP contribution in [0.2, 0.25) is 0 Å². The maximum absolute atomic E-state index is 4.11. The second kappa shape index (κ2) is 4.07. The Balaban J connectivity index is 2.89. The second-order valence-corrected chi connectivity index (χ2v) is 3.66. The fourth-order valence-electron chi connectivity index (χ4n) is 0.771. The standard InChI is InChI=1S/C7H8Br2N2/c1-2-10-5-3-6(8)11-7(9)4-5/h3-4H,2H2,1H3,(H,10,11). The van der Waals surface area contributed by atoms with Crippen molar-refractivity contribution in [2.24, 2.45) is 0 Å². The number of anilines is 1. The van der Waals surface area contributed by atoms with E-state index in [1.807, 2.05) is 12.1 Å². The Labute approximate surface area is 82.7 Å². The summed E-state index contributed by atoms with van der Waals surface area (Å²) >= 11 is 6.60. The third-order valence-electron chi connectivity index (χ3n) is 1.14. The van der Waals surface area contributed by atoms with Gasteiger partial charge in [0.1, 0.15) is 9.21 Å². The fraction of sp³-hybridized carbons (Fsp3) is 0.286. The van der Waals surface area contributed by atoms with Gasteiger partial charge in [-0.25, -0.2) is 4.98 Å². The monoisotopic (exact) mass is 278 g/mol. The maximum atomic E-state index is 4.11. The number of hydrogen-bond donors (Lipinski definition) is 1. The van der Waals surface area contributed by atoms with Gasteiger partial charge in [-0.3, -0.25) is 0 Å². The largest absolute Gasteiger partial charge is 0.385 e. The van der Waals surface area contributed by atoms with Gasteiger partial charge >= 0.3 is 0 Å². The molecule has 0 radical (unpaired) electrons. The molecule has 1 rings (SSSR count). The Morgan fingerprint density at radius 3 is 2.36 bits per heavy atom. The van der Waals surface area contributed by atoms with Crippen molar-refractivity contribution in [3.05, 3.63) is 21.3 Å². The molecule has 0 fully saturated rings. The summed E-state index contributed by atoms with van der Waals surface area (Å²) in [5, 5.41) is 3.19. The Hall–Kier alpha value is -0.0900. The van der Waals surface area contributed by atoms with Crippen molar-refractivity contribution < 1.29 is 0 Å². The third-order valence-corrected chi connectivity index (χ3v) is 1.96. The first-order chi connectivity index (χ1) is 5.22. The van der Waals surface area contributed by atoms with Gasteiger partial charge in [-0.05, 0) is 50.9 Å². The summed E-state index contributed by atoms with van der Waals surface area (Å²) in [6.45, 7) is 2.98. The summed E-state index contributed by atoms with van der Waals surface area (Å²) in [5.74, 6) is 0. The van der Waals surface area contributed by atoms with Crippen molar-refractivity contribution in [1.82, 2.24) is 4.98 Å². The van der Waals surface area contributed by atoms with Crippen molar-refractivity contribution >= 4 is 37.5 Å². The average molecular weight is 280 g/mol. The van der Waals surface area contributed by atoms with Crippen LogP contribution in [0.1, 0.15) is 6.92 Å². The van der Waals surface area contributed by atoms with Gasteiger partial charge in [-0.2, -0.15) is 0 Å². The highest BCUT2D eigenvalue weighted by atomic mass is 79.9. The second-order valence-electron chi connectivity index (χ2n) is 2.03. The summed E-state index contributed by atoms with van der Waals surface area (Å²) in [6.07, 6.45) is 0. The van der Waals surface area contributed by atoms with Gasteiger partial charge in [0.25, 0.3) is 0 Å². The van der Waals surface area contributed by atoms with Crippen molar-refractivity contribution in [3.8, 4) is 0 Å². The zero-order valence-corrected chi connectivity index (χ0v) is 9.24. The van der Waals surface area contributed by atoms with Crippen LogP contribution in [-0.4, -0.2) is 11.5 Å². The molecule has 0 unspecified atom stereocenters. The topological polar surface area (TPSA) is 24.9 Å². The lowest BCUT2D eigenvalue weighted by Gasteiger charge is -2.02. The molecule has 0 atom stereocenters. The van der Waals surface area contributed by atoms with Crippen LogP contribution in [0.4, 0.5) is 5.69 Å². The molecule has 0 bridgehead atoms. The molecule has 60 valence electrons. The molecule has 1 heterocycles. The van der Waals surface area contributed by atoms with E-state index in [4.69, 9.17) is 0 Å². The number of halogens is 2. The highest BCUT2D eigenvalue weighted by Crippen LogP contribution is 2.18. The van der Waals surface area contributed by atoms with Crippen LogP contribution in [0.25, 0.3) is 0 Å². The van der Waals surface area contributed by atoms with E-state index in [9.17, 15) is 0 Å². The molecule has 11 heavy (non-hydrogen) atoms. The summed E-state index contributed by atoms with van der Waals surface area (Å²) in [7, 11) is 0. The van der Waals surface area contributed by atoms with Crippen molar-refractivity contribution in [2.45, 2.75) is 6.92 Å². The Bertz CT molecular complexity index is 230. The van der Waals surface area contributed by atoms with Gasteiger partial charge in [0.05, 0.1) is 0 Å². The summed E-state index contributed by atoms with van der Waals surface area (Å²) < 4.78 is 1.67. The van der Waals surface area contributed by atoms with Crippen molar-refractivity contribution in [3.63, 3.8) is 0 Å². The summed E-state index contributed by atoms with van der Waals surface area (Å²) in [5.41, 5.74) is 1.07. The fourth-order valence-corrected chi connectivity index (χ4v) is 1.88. The van der Waals surface area contributed by atoms with Crippen LogP contribution in [0.3, 0.4) is 0 Å². The zero-order chi connectivity index (χ0) is 8.27. The molecule has 0 aliphatic heterocycles. The van der Waals surface area contributed by atoms with Crippen LogP contribution in [-0.2, 0) is 0 Å². The van der Waals surface area contributed by atoms with Gasteiger partial charge < -0.3 is 5.32 Å². The molecule has 0 saturated carbocycles. The number of rotatable bonds is 2. The number of hydrogen-bond acceptors (Lipinski definition) is 2. The molecular weight excluding hydrogens is 272 g/mol. The minimum atomic E-state index is 0.836. The van der Waals surface area contributed by atoms with E-state index in [1.54, 1.807) is 0 Å². The number of nitrogens with zero attached hydrogens (tertiary/aromatic N) is 1. The van der Waals surface area contributed by atoms with Crippen LogP contribution < -0.4 is 5.32 Å². The SMILES string of the molecule is CCNc1cc(Br)nc(Br)c1. The molecule has 1 N–H and O–H groups in total. The van der Waals surface area contributed by atoms with Crippen molar-refractivity contribution in [1.29, 1.82) is 0 Å². The quantitative estimate of drug-likeness (QED) is 0.842. The molecule has 0 aliphatic rings. The molecule has 1 aromatic heterocycles. The van der Waals surface area contributed by atoms with Gasteiger partial charge in [-0.1, -0.05) is 0 Å². The first-order valence-corrected chi connectivity index (χ1v) is 4.88. The molecule has 2 nitrogen and oxygen atoms in total. The van der Waals surface area contributed by atoms with Crippen LogP contribution >= 0.6 is 31.9 Å². The molecule has 1 aromatic rings. The number of pyridine rings is 1. The Morgan fingerprint density at radius 1 is 1.36 bits per heavy atom. The first kappa shape index (κ1) is 9.00. The highest BCUT2D eigenvalue weighted by Gasteiger charge is 1.95. The lowest BCUT2D eigenvalue weighted by molar-refractivity contribution is 1.17. The highest BCUT2D eigenvalue weighted by molar-refractivity contribution is 9.11. The molecular formula is C7H8Br2N2. The maximum Gasteiger partial charge on any atom is 0.109 e. The predicted molar refractivity (Wildman–Crippen MR) is 53.8 cm³/mol. The lowest BCUT2D eigenvalue weighted by atomic mass is 10.4. The van der Waals surface area contributed by atoms with Crippen LogP contribution in [0, 0.1) is 0 Å². The van der Waals surface area contributed by atoms with E-state index in [0.717, 1.165) is 21.4 Å². The van der Waals surface area contributed by atoms with E-state index >= 15 is 0 Å². The lowest BCUT2D eigenvalue weighted by Crippen LogP contribution is -1.96. The zero-order valence-electron chi connectivity index (χ0n) is 6.06. The number of aromatic nitrogens is 1. The minimum absolute atomic E-state index is 0.836. The van der Waals surface area contributed by atoms with E-state index in [0.29, 0.717) is 0 Å². The molecule has 0 aliphatic carbocycles. The van der Waals surface area contributed by atoms with Crippen molar-refractivity contribution in [2.75, 3.05) is 11.9 Å². The Morgan fingerprint density at radius 2 is 1.91 bits per heavy atom.